The van der Waals surface area contributed by atoms with Crippen molar-refractivity contribution in [1.82, 2.24) is 20.0 Å². The predicted octanol–water partition coefficient (Wildman–Crippen LogP) is 4.83. The summed E-state index contributed by atoms with van der Waals surface area (Å²) in [6.07, 6.45) is -2.01. The molecular weight excluding hydrogens is 500 g/mol. The molecule has 2 N–H and O–H groups in total. The van der Waals surface area contributed by atoms with Gasteiger partial charge in [0, 0.05) is 19.8 Å². The number of halogens is 2. The van der Waals surface area contributed by atoms with Gasteiger partial charge in [-0.25, -0.2) is 23.1 Å². The van der Waals surface area contributed by atoms with Crippen LogP contribution in [0.25, 0.3) is 5.69 Å². The third kappa shape index (κ3) is 5.19. The molecule has 0 radical (unpaired) electrons. The SMILES string of the molecule is COC(CNC(=O)Nc1c2c(nn1-c1cc(C)c(F)c(C)c1)[C@@H](F)C1CC[C@H]2N1C(=O)OC(C)(C)C)OC. The van der Waals surface area contributed by atoms with Crippen molar-refractivity contribution in [2.45, 2.75) is 77.6 Å². The number of rotatable bonds is 6. The van der Waals surface area contributed by atoms with Gasteiger partial charge in [0.1, 0.15) is 22.9 Å². The molecule has 2 bridgehead atoms. The molecule has 3 heterocycles. The number of fused-ring (bicyclic) bond motifs is 4. The number of nitrogens with zero attached hydrogens (tertiary/aromatic N) is 3. The van der Waals surface area contributed by atoms with E-state index in [2.05, 4.69) is 15.7 Å². The van der Waals surface area contributed by atoms with Gasteiger partial charge in [0.15, 0.2) is 12.5 Å². The summed E-state index contributed by atoms with van der Waals surface area (Å²) in [7, 11) is 2.89. The van der Waals surface area contributed by atoms with Crippen molar-refractivity contribution in [3.8, 4) is 5.69 Å². The van der Waals surface area contributed by atoms with Gasteiger partial charge in [-0.3, -0.25) is 10.2 Å². The lowest BCUT2D eigenvalue weighted by Gasteiger charge is -2.37. The number of amides is 3. The average molecular weight is 536 g/mol. The van der Waals surface area contributed by atoms with Gasteiger partial charge in [0.05, 0.1) is 24.3 Å². The van der Waals surface area contributed by atoms with Gasteiger partial charge in [-0.15, -0.1) is 0 Å². The number of ether oxygens (including phenoxy) is 3. The Morgan fingerprint density at radius 2 is 1.79 bits per heavy atom. The fourth-order valence-electron chi connectivity index (χ4n) is 5.09. The number of hydrogen-bond acceptors (Lipinski definition) is 6. The minimum absolute atomic E-state index is 0.0468. The van der Waals surface area contributed by atoms with Crippen LogP contribution in [0.4, 0.5) is 24.2 Å². The highest BCUT2D eigenvalue weighted by Gasteiger charge is 2.53. The first-order valence-corrected chi connectivity index (χ1v) is 12.5. The second-order valence-electron chi connectivity index (χ2n) is 10.6. The minimum Gasteiger partial charge on any atom is -0.444 e. The molecule has 12 heteroatoms. The van der Waals surface area contributed by atoms with Crippen LogP contribution in [-0.4, -0.2) is 65.5 Å². The number of aryl methyl sites for hydroxylation is 2. The highest BCUT2D eigenvalue weighted by atomic mass is 19.1. The van der Waals surface area contributed by atoms with Gasteiger partial charge in [0.2, 0.25) is 0 Å². The van der Waals surface area contributed by atoms with E-state index < -0.39 is 42.3 Å². The molecule has 1 fully saturated rings. The van der Waals surface area contributed by atoms with Gasteiger partial charge in [-0.05, 0) is 70.7 Å². The van der Waals surface area contributed by atoms with Gasteiger partial charge in [0.25, 0.3) is 0 Å². The fourth-order valence-corrected chi connectivity index (χ4v) is 5.09. The zero-order chi connectivity index (χ0) is 27.9. The molecule has 1 aromatic carbocycles. The van der Waals surface area contributed by atoms with Crippen LogP contribution in [0.3, 0.4) is 0 Å². The molecule has 0 spiro atoms. The molecule has 0 saturated carbocycles. The van der Waals surface area contributed by atoms with Crippen LogP contribution < -0.4 is 10.6 Å². The fraction of sp³-hybridized carbons (Fsp3) is 0.577. The molecule has 208 valence electrons. The Balaban J connectivity index is 1.79. The molecule has 4 rings (SSSR count). The number of urea groups is 1. The number of benzene rings is 1. The van der Waals surface area contributed by atoms with Crippen molar-refractivity contribution in [2.24, 2.45) is 0 Å². The van der Waals surface area contributed by atoms with Crippen molar-refractivity contribution in [3.05, 3.63) is 40.3 Å². The lowest BCUT2D eigenvalue weighted by Crippen LogP contribution is -2.45. The van der Waals surface area contributed by atoms with E-state index in [9.17, 15) is 14.0 Å². The summed E-state index contributed by atoms with van der Waals surface area (Å²) in [5.74, 6) is -0.169. The van der Waals surface area contributed by atoms with E-state index in [1.807, 2.05) is 0 Å². The molecule has 3 atom stereocenters. The van der Waals surface area contributed by atoms with E-state index in [4.69, 9.17) is 14.2 Å². The first-order valence-electron chi connectivity index (χ1n) is 12.5. The van der Waals surface area contributed by atoms with Crippen molar-refractivity contribution in [3.63, 3.8) is 0 Å². The Bertz CT molecular complexity index is 1200. The van der Waals surface area contributed by atoms with Gasteiger partial charge in [-0.1, -0.05) is 0 Å². The molecule has 1 aromatic heterocycles. The number of alkyl halides is 1. The zero-order valence-electron chi connectivity index (χ0n) is 22.7. The van der Waals surface area contributed by atoms with E-state index in [1.54, 1.807) is 46.8 Å². The normalized spacial score (nSPS) is 20.5. The van der Waals surface area contributed by atoms with Crippen molar-refractivity contribution < 1.29 is 32.6 Å². The maximum atomic E-state index is 16.0. The Labute approximate surface area is 220 Å². The second-order valence-corrected chi connectivity index (χ2v) is 10.6. The Morgan fingerprint density at radius 3 is 2.37 bits per heavy atom. The molecule has 1 saturated heterocycles. The van der Waals surface area contributed by atoms with E-state index in [0.29, 0.717) is 35.2 Å². The average Bonchev–Trinajstić information content (AvgIpc) is 3.40. The number of methoxy groups -OCH3 is 2. The van der Waals surface area contributed by atoms with E-state index >= 15 is 4.39 Å². The molecule has 10 nitrogen and oxygen atoms in total. The van der Waals surface area contributed by atoms with Crippen LogP contribution in [0.2, 0.25) is 0 Å². The zero-order valence-corrected chi connectivity index (χ0v) is 22.7. The first kappa shape index (κ1) is 27.8. The highest BCUT2D eigenvalue weighted by Crippen LogP contribution is 2.52. The van der Waals surface area contributed by atoms with Gasteiger partial charge >= 0.3 is 12.1 Å². The van der Waals surface area contributed by atoms with Crippen LogP contribution >= 0.6 is 0 Å². The number of aromatic nitrogens is 2. The monoisotopic (exact) mass is 535 g/mol. The van der Waals surface area contributed by atoms with Crippen molar-refractivity contribution >= 4 is 17.9 Å². The maximum Gasteiger partial charge on any atom is 0.411 e. The predicted molar refractivity (Wildman–Crippen MR) is 136 cm³/mol. The molecule has 3 amide bonds. The standard InChI is InChI=1S/C26H35F2N5O5/c1-13-10-15(11-14(2)20(13)27)33-23(30-24(34)29-12-18(36-6)37-7)19-16-8-9-17(21(28)22(19)31-33)32(16)25(35)38-26(3,4)5/h10-11,16-18,21H,8-9,12H2,1-7H3,(H2,29,30,34)/t16-,17?,21+/m1/s1. The van der Waals surface area contributed by atoms with Gasteiger partial charge in [-0.2, -0.15) is 5.10 Å². The molecule has 1 unspecified atom stereocenters. The third-order valence-corrected chi connectivity index (χ3v) is 6.77. The van der Waals surface area contributed by atoms with Crippen LogP contribution in [-0.2, 0) is 14.2 Å². The lowest BCUT2D eigenvalue weighted by atomic mass is 9.98. The quantitative estimate of drug-likeness (QED) is 0.513. The number of hydrogen-bond donors (Lipinski definition) is 2. The summed E-state index contributed by atoms with van der Waals surface area (Å²) in [4.78, 5) is 27.5. The maximum absolute atomic E-state index is 16.0. The topological polar surface area (TPSA) is 107 Å². The second kappa shape index (κ2) is 10.5. The minimum atomic E-state index is -1.60. The summed E-state index contributed by atoms with van der Waals surface area (Å²) in [6.45, 7) is 8.53. The summed E-state index contributed by atoms with van der Waals surface area (Å²) < 4.78 is 47.6. The summed E-state index contributed by atoms with van der Waals surface area (Å²) in [5, 5.41) is 10.00. The molecule has 2 aromatic rings. The number of carbonyl (C=O) groups excluding carboxylic acids is 2. The smallest absolute Gasteiger partial charge is 0.411 e. The summed E-state index contributed by atoms with van der Waals surface area (Å²) >= 11 is 0. The third-order valence-electron chi connectivity index (χ3n) is 6.77. The van der Waals surface area contributed by atoms with Crippen LogP contribution in [0.1, 0.15) is 68.2 Å². The van der Waals surface area contributed by atoms with Crippen molar-refractivity contribution in [1.29, 1.82) is 0 Å². The number of carbonyl (C=O) groups is 2. The highest BCUT2D eigenvalue weighted by molar-refractivity contribution is 5.90. The van der Waals surface area contributed by atoms with Crippen LogP contribution in [0.5, 0.6) is 0 Å². The lowest BCUT2D eigenvalue weighted by molar-refractivity contribution is -0.0970. The summed E-state index contributed by atoms with van der Waals surface area (Å²) in [5.41, 5.74) is 0.961. The van der Waals surface area contributed by atoms with Crippen LogP contribution in [0.15, 0.2) is 12.1 Å². The first-order chi connectivity index (χ1) is 17.9. The Hall–Kier alpha value is -3.25. The van der Waals surface area contributed by atoms with E-state index in [-0.39, 0.29) is 23.9 Å². The number of nitrogens with one attached hydrogen (secondary N) is 2. The van der Waals surface area contributed by atoms with E-state index in [1.165, 1.54) is 23.8 Å². The van der Waals surface area contributed by atoms with Crippen LogP contribution in [0, 0.1) is 19.7 Å². The molecule has 2 aliphatic heterocycles. The Kier molecular flexibility index (Phi) is 7.67. The number of anilines is 1. The van der Waals surface area contributed by atoms with Crippen molar-refractivity contribution in [2.75, 3.05) is 26.1 Å². The molecule has 38 heavy (non-hydrogen) atoms. The Morgan fingerprint density at radius 1 is 1.16 bits per heavy atom. The van der Waals surface area contributed by atoms with Gasteiger partial charge < -0.3 is 19.5 Å². The summed E-state index contributed by atoms with van der Waals surface area (Å²) in [6, 6.07) is 1.24. The molecule has 2 aliphatic rings. The largest absolute Gasteiger partial charge is 0.444 e. The molecular formula is C26H35F2N5O5. The van der Waals surface area contributed by atoms with E-state index in [0.717, 1.165) is 0 Å². The molecule has 0 aliphatic carbocycles.